The fraction of sp³-hybridized carbons (Fsp3) is 0.571. The van der Waals surface area contributed by atoms with Crippen LogP contribution in [0.4, 0.5) is 4.39 Å². The van der Waals surface area contributed by atoms with Gasteiger partial charge in [0.25, 0.3) is 0 Å². The van der Waals surface area contributed by atoms with E-state index < -0.39 is 15.8 Å². The topological polar surface area (TPSA) is 37.4 Å². The van der Waals surface area contributed by atoms with E-state index in [9.17, 15) is 12.8 Å². The van der Waals surface area contributed by atoms with Gasteiger partial charge in [0.1, 0.15) is 5.82 Å². The molecule has 2 fully saturated rings. The third kappa shape index (κ3) is 2.42. The molecular formula is C14H17BrFNO2S. The molecule has 0 radical (unpaired) electrons. The van der Waals surface area contributed by atoms with Gasteiger partial charge in [-0.1, -0.05) is 12.8 Å². The van der Waals surface area contributed by atoms with Gasteiger partial charge in [-0.25, -0.2) is 12.8 Å². The van der Waals surface area contributed by atoms with E-state index in [4.69, 9.17) is 0 Å². The number of sulfonamides is 1. The lowest BCUT2D eigenvalue weighted by Crippen LogP contribution is -2.52. The lowest BCUT2D eigenvalue weighted by Gasteiger charge is -2.44. The Morgan fingerprint density at radius 1 is 1.10 bits per heavy atom. The van der Waals surface area contributed by atoms with Gasteiger partial charge >= 0.3 is 0 Å². The highest BCUT2D eigenvalue weighted by atomic mass is 79.9. The monoisotopic (exact) mass is 361 g/mol. The van der Waals surface area contributed by atoms with E-state index in [0.717, 1.165) is 44.6 Å². The molecule has 0 unspecified atom stereocenters. The molecule has 3 rings (SSSR count). The lowest BCUT2D eigenvalue weighted by atomic mass is 9.87. The highest BCUT2D eigenvalue weighted by Crippen LogP contribution is 2.38. The van der Waals surface area contributed by atoms with E-state index in [-0.39, 0.29) is 21.5 Å². The minimum atomic E-state index is -3.59. The normalized spacial score (nSPS) is 27.5. The smallest absolute Gasteiger partial charge is 0.207 e. The summed E-state index contributed by atoms with van der Waals surface area (Å²) in [7, 11) is -3.59. The Morgan fingerprint density at radius 3 is 2.15 bits per heavy atom. The van der Waals surface area contributed by atoms with Crippen molar-refractivity contribution in [2.45, 2.75) is 55.5 Å². The van der Waals surface area contributed by atoms with Gasteiger partial charge in [0.05, 0.1) is 9.37 Å². The summed E-state index contributed by atoms with van der Waals surface area (Å²) in [4.78, 5) is 0.0667. The van der Waals surface area contributed by atoms with E-state index in [2.05, 4.69) is 15.9 Å². The second-order valence-electron chi connectivity index (χ2n) is 5.58. The summed E-state index contributed by atoms with van der Waals surface area (Å²) < 4.78 is 41.2. The summed E-state index contributed by atoms with van der Waals surface area (Å²) >= 11 is 3.06. The molecule has 2 aliphatic rings. The van der Waals surface area contributed by atoms with E-state index >= 15 is 0 Å². The van der Waals surface area contributed by atoms with Crippen LogP contribution in [0, 0.1) is 5.82 Å². The van der Waals surface area contributed by atoms with E-state index in [1.807, 2.05) is 0 Å². The van der Waals surface area contributed by atoms with Crippen LogP contribution in [0.15, 0.2) is 27.6 Å². The zero-order valence-electron chi connectivity index (χ0n) is 11.1. The Bertz CT molecular complexity index is 598. The first kappa shape index (κ1) is 14.5. The zero-order valence-corrected chi connectivity index (χ0v) is 13.5. The molecule has 1 aromatic rings. The Hall–Kier alpha value is -0.460. The minimum absolute atomic E-state index is 0.0667. The second kappa shape index (κ2) is 5.39. The van der Waals surface area contributed by atoms with Crippen LogP contribution in [0.25, 0.3) is 0 Å². The molecule has 2 aliphatic heterocycles. The fourth-order valence-electron chi connectivity index (χ4n) is 3.43. The van der Waals surface area contributed by atoms with E-state index in [0.29, 0.717) is 0 Å². The summed E-state index contributed by atoms with van der Waals surface area (Å²) in [6.07, 6.45) is 5.89. The number of piperidine rings is 2. The molecule has 2 saturated heterocycles. The molecule has 0 aromatic heterocycles. The number of benzene rings is 1. The number of hydrogen-bond donors (Lipinski definition) is 0. The van der Waals surface area contributed by atoms with E-state index in [1.54, 1.807) is 4.31 Å². The number of rotatable bonds is 2. The highest BCUT2D eigenvalue weighted by Gasteiger charge is 2.41. The molecular weight excluding hydrogens is 345 g/mol. The molecule has 2 bridgehead atoms. The molecule has 6 heteroatoms. The van der Waals surface area contributed by atoms with Crippen LogP contribution in [0.5, 0.6) is 0 Å². The molecule has 0 atom stereocenters. The molecule has 0 spiro atoms. The number of nitrogens with zero attached hydrogens (tertiary/aromatic N) is 1. The molecule has 0 aliphatic carbocycles. The largest absolute Gasteiger partial charge is 0.243 e. The van der Waals surface area contributed by atoms with Crippen LogP contribution in [0.3, 0.4) is 0 Å². The van der Waals surface area contributed by atoms with Crippen molar-refractivity contribution < 1.29 is 12.8 Å². The van der Waals surface area contributed by atoms with Crippen molar-refractivity contribution in [3.8, 4) is 0 Å². The SMILES string of the molecule is O=S(=O)(c1ccc(Br)c(F)c1)N1C2CCCC1CCC2. The number of hydrogen-bond acceptors (Lipinski definition) is 2. The molecule has 20 heavy (non-hydrogen) atoms. The van der Waals surface area contributed by atoms with Gasteiger partial charge in [-0.3, -0.25) is 0 Å². The van der Waals surface area contributed by atoms with Crippen molar-refractivity contribution >= 4 is 26.0 Å². The van der Waals surface area contributed by atoms with Crippen molar-refractivity contribution in [1.82, 2.24) is 4.31 Å². The quantitative estimate of drug-likeness (QED) is 0.805. The predicted octanol–water partition coefficient (Wildman–Crippen LogP) is 3.68. The first-order valence-electron chi connectivity index (χ1n) is 6.99. The van der Waals surface area contributed by atoms with Gasteiger partial charge in [0, 0.05) is 12.1 Å². The van der Waals surface area contributed by atoms with Crippen molar-refractivity contribution in [1.29, 1.82) is 0 Å². The van der Waals surface area contributed by atoms with Crippen LogP contribution >= 0.6 is 15.9 Å². The average molecular weight is 362 g/mol. The third-order valence-corrected chi connectivity index (χ3v) is 6.98. The lowest BCUT2D eigenvalue weighted by molar-refractivity contribution is 0.124. The summed E-state index contributed by atoms with van der Waals surface area (Å²) in [5.41, 5.74) is 0. The van der Waals surface area contributed by atoms with Crippen LogP contribution < -0.4 is 0 Å². The summed E-state index contributed by atoms with van der Waals surface area (Å²) in [6.45, 7) is 0. The standard InChI is InChI=1S/C14H17BrFNO2S/c15-13-8-7-12(9-14(13)16)20(18,19)17-10-3-1-4-11(17)6-2-5-10/h7-11H,1-6H2. The maximum absolute atomic E-state index is 13.6. The number of halogens is 2. The molecule has 0 saturated carbocycles. The van der Waals surface area contributed by atoms with E-state index in [1.165, 1.54) is 12.1 Å². The zero-order chi connectivity index (χ0) is 14.3. The van der Waals surface area contributed by atoms with Crippen LogP contribution in [0.2, 0.25) is 0 Å². The molecule has 110 valence electrons. The first-order chi connectivity index (χ1) is 9.50. The Balaban J connectivity index is 2.00. The average Bonchev–Trinajstić information content (AvgIpc) is 2.41. The molecule has 1 aromatic carbocycles. The Morgan fingerprint density at radius 2 is 1.65 bits per heavy atom. The van der Waals surface area contributed by atoms with Crippen LogP contribution in [0.1, 0.15) is 38.5 Å². The second-order valence-corrected chi connectivity index (χ2v) is 8.28. The highest BCUT2D eigenvalue weighted by molar-refractivity contribution is 9.10. The van der Waals surface area contributed by atoms with Gasteiger partial charge < -0.3 is 0 Å². The molecule has 0 N–H and O–H groups in total. The van der Waals surface area contributed by atoms with Crippen molar-refractivity contribution in [3.63, 3.8) is 0 Å². The van der Waals surface area contributed by atoms with Crippen molar-refractivity contribution in [2.24, 2.45) is 0 Å². The van der Waals surface area contributed by atoms with Gasteiger partial charge in [-0.05, 0) is 59.8 Å². The first-order valence-corrected chi connectivity index (χ1v) is 9.22. The number of fused-ring (bicyclic) bond motifs is 2. The summed E-state index contributed by atoms with van der Waals surface area (Å²) in [6, 6.07) is 4.25. The molecule has 2 heterocycles. The van der Waals surface area contributed by atoms with Crippen molar-refractivity contribution in [3.05, 3.63) is 28.5 Å². The minimum Gasteiger partial charge on any atom is -0.207 e. The van der Waals surface area contributed by atoms with Gasteiger partial charge in [-0.15, -0.1) is 0 Å². The summed E-state index contributed by atoms with van der Waals surface area (Å²) in [5, 5.41) is 0. The summed E-state index contributed by atoms with van der Waals surface area (Å²) in [5.74, 6) is -0.534. The van der Waals surface area contributed by atoms with Crippen LogP contribution in [-0.2, 0) is 10.0 Å². The molecule has 3 nitrogen and oxygen atoms in total. The van der Waals surface area contributed by atoms with Gasteiger partial charge in [0.15, 0.2) is 0 Å². The molecule has 0 amide bonds. The van der Waals surface area contributed by atoms with Gasteiger partial charge in [0.2, 0.25) is 10.0 Å². The van der Waals surface area contributed by atoms with Crippen molar-refractivity contribution in [2.75, 3.05) is 0 Å². The Kier molecular flexibility index (Phi) is 3.90. The maximum Gasteiger partial charge on any atom is 0.243 e. The fourth-order valence-corrected chi connectivity index (χ4v) is 5.61. The Labute approximate surface area is 127 Å². The third-order valence-electron chi connectivity index (χ3n) is 4.34. The maximum atomic E-state index is 13.6. The van der Waals surface area contributed by atoms with Crippen LogP contribution in [-0.4, -0.2) is 24.8 Å². The predicted molar refractivity (Wildman–Crippen MR) is 78.4 cm³/mol. The van der Waals surface area contributed by atoms with Gasteiger partial charge in [-0.2, -0.15) is 4.31 Å².